The quantitative estimate of drug-likeness (QED) is 0.369. The van der Waals surface area contributed by atoms with E-state index in [1.165, 1.54) is 90.6 Å². The van der Waals surface area contributed by atoms with Gasteiger partial charge in [0.2, 0.25) is 0 Å². The molecule has 0 bridgehead atoms. The molecule has 156 valence electrons. The fraction of sp³-hybridized carbons (Fsp3) is 1.00. The van der Waals surface area contributed by atoms with Gasteiger partial charge >= 0.3 is 0 Å². The van der Waals surface area contributed by atoms with Gasteiger partial charge in [-0.3, -0.25) is 8.42 Å². The molecule has 6 heteroatoms. The summed E-state index contributed by atoms with van der Waals surface area (Å²) in [5.41, 5.74) is 0. The smallest absolute Gasteiger partial charge is 0.0232 e. The van der Waals surface area contributed by atoms with E-state index in [4.69, 9.17) is 0 Å². The van der Waals surface area contributed by atoms with E-state index < -0.39 is 21.6 Å². The number of piperazine rings is 1. The Morgan fingerprint density at radius 2 is 0.846 bits per heavy atom. The molecule has 0 saturated carbocycles. The summed E-state index contributed by atoms with van der Waals surface area (Å²) >= 11 is 0. The number of rotatable bonds is 16. The topological polar surface area (TPSA) is 40.6 Å². The molecule has 1 heterocycles. The van der Waals surface area contributed by atoms with Crippen molar-refractivity contribution in [2.24, 2.45) is 0 Å². The molecule has 1 rings (SSSR count). The maximum atomic E-state index is 11.0. The summed E-state index contributed by atoms with van der Waals surface area (Å²) in [5.74, 6) is 1.75. The first-order chi connectivity index (χ1) is 12.6. The highest BCUT2D eigenvalue weighted by atomic mass is 32.2. The Morgan fingerprint density at radius 3 is 1.19 bits per heavy atom. The number of hydrogen-bond acceptors (Lipinski definition) is 4. The van der Waals surface area contributed by atoms with E-state index >= 15 is 0 Å². The fourth-order valence-corrected chi connectivity index (χ4v) is 4.80. The zero-order valence-corrected chi connectivity index (χ0v) is 18.9. The van der Waals surface area contributed by atoms with Gasteiger partial charge in [0.05, 0.1) is 0 Å². The van der Waals surface area contributed by atoms with E-state index in [0.717, 1.165) is 24.3 Å². The molecular formula is C20H42N2O2S2. The van der Waals surface area contributed by atoms with Crippen LogP contribution in [-0.4, -0.2) is 81.5 Å². The van der Waals surface area contributed by atoms with Crippen molar-refractivity contribution in [1.82, 2.24) is 9.80 Å². The highest BCUT2D eigenvalue weighted by Gasteiger charge is 2.15. The van der Waals surface area contributed by atoms with Crippen molar-refractivity contribution in [3.8, 4) is 0 Å². The lowest BCUT2D eigenvalue weighted by atomic mass is 10.1. The van der Waals surface area contributed by atoms with Gasteiger partial charge in [0.25, 0.3) is 0 Å². The monoisotopic (exact) mass is 406 g/mol. The SMILES string of the molecule is CS(=O)CCCCCCCN1CCN(CCCCCCCS(C)=O)CC1. The minimum absolute atomic E-state index is 0.611. The molecule has 0 aliphatic carbocycles. The van der Waals surface area contributed by atoms with Gasteiger partial charge in [-0.1, -0.05) is 38.5 Å². The Bertz CT molecular complexity index is 350. The lowest BCUT2D eigenvalue weighted by Gasteiger charge is -2.34. The second-order valence-electron chi connectivity index (χ2n) is 7.77. The molecule has 1 aliphatic rings. The van der Waals surface area contributed by atoms with Crippen molar-refractivity contribution in [2.75, 3.05) is 63.3 Å². The van der Waals surface area contributed by atoms with Crippen molar-refractivity contribution in [1.29, 1.82) is 0 Å². The number of hydrogen-bond donors (Lipinski definition) is 0. The van der Waals surface area contributed by atoms with Crippen molar-refractivity contribution in [3.63, 3.8) is 0 Å². The minimum Gasteiger partial charge on any atom is -0.301 e. The average molecular weight is 407 g/mol. The van der Waals surface area contributed by atoms with Gasteiger partial charge in [0.1, 0.15) is 0 Å². The summed E-state index contributed by atoms with van der Waals surface area (Å²) in [6.07, 6.45) is 16.2. The second-order valence-corrected chi connectivity index (χ2v) is 10.9. The normalized spacial score (nSPS) is 18.8. The first-order valence-corrected chi connectivity index (χ1v) is 14.1. The van der Waals surface area contributed by atoms with Crippen LogP contribution >= 0.6 is 0 Å². The van der Waals surface area contributed by atoms with Crippen LogP contribution in [0, 0.1) is 0 Å². The molecule has 0 aromatic carbocycles. The van der Waals surface area contributed by atoms with Crippen LogP contribution in [0.2, 0.25) is 0 Å². The maximum Gasteiger partial charge on any atom is 0.0232 e. The van der Waals surface area contributed by atoms with Crippen LogP contribution in [0.5, 0.6) is 0 Å². The van der Waals surface area contributed by atoms with Crippen LogP contribution in [0.25, 0.3) is 0 Å². The molecule has 4 nitrogen and oxygen atoms in total. The second kappa shape index (κ2) is 16.2. The van der Waals surface area contributed by atoms with Gasteiger partial charge in [0.15, 0.2) is 0 Å². The third-order valence-corrected chi connectivity index (χ3v) is 7.00. The maximum absolute atomic E-state index is 11.0. The molecule has 2 unspecified atom stereocenters. The Kier molecular flexibility index (Phi) is 15.1. The first-order valence-electron chi connectivity index (χ1n) is 10.6. The van der Waals surface area contributed by atoms with Gasteiger partial charge in [0, 0.05) is 71.8 Å². The lowest BCUT2D eigenvalue weighted by molar-refractivity contribution is 0.129. The lowest BCUT2D eigenvalue weighted by Crippen LogP contribution is -2.46. The minimum atomic E-state index is -0.611. The summed E-state index contributed by atoms with van der Waals surface area (Å²) in [5, 5.41) is 0. The average Bonchev–Trinajstić information content (AvgIpc) is 2.60. The third-order valence-electron chi connectivity index (χ3n) is 5.28. The summed E-state index contributed by atoms with van der Waals surface area (Å²) in [6.45, 7) is 7.45. The van der Waals surface area contributed by atoms with Crippen LogP contribution in [0.4, 0.5) is 0 Å². The van der Waals surface area contributed by atoms with Crippen LogP contribution < -0.4 is 0 Å². The van der Waals surface area contributed by atoms with Crippen molar-refractivity contribution in [3.05, 3.63) is 0 Å². The predicted octanol–water partition coefficient (Wildman–Crippen LogP) is 3.26. The van der Waals surface area contributed by atoms with E-state index in [1.807, 2.05) is 0 Å². The summed E-state index contributed by atoms with van der Waals surface area (Å²) in [4.78, 5) is 5.25. The molecule has 2 atom stereocenters. The molecule has 1 fully saturated rings. The largest absolute Gasteiger partial charge is 0.301 e. The summed E-state index contributed by atoms with van der Waals surface area (Å²) in [7, 11) is -1.22. The highest BCUT2D eigenvalue weighted by molar-refractivity contribution is 7.84. The molecule has 0 aromatic heterocycles. The predicted molar refractivity (Wildman–Crippen MR) is 117 cm³/mol. The zero-order valence-electron chi connectivity index (χ0n) is 17.3. The van der Waals surface area contributed by atoms with Gasteiger partial charge in [-0.2, -0.15) is 0 Å². The van der Waals surface area contributed by atoms with E-state index in [2.05, 4.69) is 9.80 Å². The van der Waals surface area contributed by atoms with E-state index in [1.54, 1.807) is 12.5 Å². The Morgan fingerprint density at radius 1 is 0.538 bits per heavy atom. The third kappa shape index (κ3) is 14.3. The van der Waals surface area contributed by atoms with Crippen LogP contribution in [0.1, 0.15) is 64.2 Å². The van der Waals surface area contributed by atoms with Crippen LogP contribution in [0.15, 0.2) is 0 Å². The molecule has 0 N–H and O–H groups in total. The molecule has 1 saturated heterocycles. The Balaban J connectivity index is 1.87. The molecule has 1 aliphatic heterocycles. The van der Waals surface area contributed by atoms with Crippen LogP contribution in [-0.2, 0) is 21.6 Å². The van der Waals surface area contributed by atoms with Gasteiger partial charge < -0.3 is 9.80 Å². The number of nitrogens with zero attached hydrogens (tertiary/aromatic N) is 2. The number of unbranched alkanes of at least 4 members (excludes halogenated alkanes) is 8. The van der Waals surface area contributed by atoms with Gasteiger partial charge in [-0.05, 0) is 38.8 Å². The van der Waals surface area contributed by atoms with E-state index in [0.29, 0.717) is 0 Å². The van der Waals surface area contributed by atoms with Gasteiger partial charge in [-0.25, -0.2) is 0 Å². The van der Waals surface area contributed by atoms with Crippen molar-refractivity contribution in [2.45, 2.75) is 64.2 Å². The molecular weight excluding hydrogens is 364 g/mol. The standard InChI is InChI=1S/C20H42N2O2S2/c1-25(23)19-11-7-3-5-9-13-21-15-17-22(18-16-21)14-10-6-4-8-12-20-26(2)24/h3-20H2,1-2H3. The van der Waals surface area contributed by atoms with Gasteiger partial charge in [-0.15, -0.1) is 0 Å². The zero-order chi connectivity index (χ0) is 19.0. The highest BCUT2D eigenvalue weighted by Crippen LogP contribution is 2.09. The van der Waals surface area contributed by atoms with Crippen molar-refractivity contribution >= 4 is 21.6 Å². The Hall–Kier alpha value is 0.220. The molecule has 26 heavy (non-hydrogen) atoms. The summed E-state index contributed by atoms with van der Waals surface area (Å²) < 4.78 is 22.0. The molecule has 0 spiro atoms. The van der Waals surface area contributed by atoms with Crippen LogP contribution in [0.3, 0.4) is 0 Å². The fourth-order valence-electron chi connectivity index (χ4n) is 3.58. The molecule has 0 radical (unpaired) electrons. The van der Waals surface area contributed by atoms with E-state index in [9.17, 15) is 8.42 Å². The molecule has 0 aromatic rings. The Labute approximate surface area is 167 Å². The van der Waals surface area contributed by atoms with E-state index in [-0.39, 0.29) is 0 Å². The first kappa shape index (κ1) is 24.3. The van der Waals surface area contributed by atoms with Crippen molar-refractivity contribution < 1.29 is 8.42 Å². The summed E-state index contributed by atoms with van der Waals surface area (Å²) in [6, 6.07) is 0. The molecule has 0 amide bonds.